The molecule has 0 spiro atoms. The average Bonchev–Trinajstić information content (AvgIpc) is 2.30. The lowest BCUT2D eigenvalue weighted by Crippen LogP contribution is -1.99. The highest BCUT2D eigenvalue weighted by Crippen LogP contribution is 2.26. The second kappa shape index (κ2) is 4.92. The van der Waals surface area contributed by atoms with Crippen LogP contribution in [0.25, 0.3) is 0 Å². The minimum atomic E-state index is -0.468. The molecule has 5 nitrogen and oxygen atoms in total. The molecule has 0 saturated carbocycles. The maximum atomic E-state index is 10.8. The van der Waals surface area contributed by atoms with Crippen LogP contribution in [0.15, 0.2) is 47.1 Å². The molecule has 0 unspecified atom stereocenters. The standard InChI is InChI=1S/C11H8BrN3O2/c12-10-7-6-9(15(16)17)11(14-10)13-8-4-2-1-3-5-8/h1-7H,(H,13,14). The lowest BCUT2D eigenvalue weighted by Gasteiger charge is -2.05. The Balaban J connectivity index is 2.37. The molecule has 1 aromatic carbocycles. The Labute approximate surface area is 106 Å². The minimum absolute atomic E-state index is 0.0583. The number of pyridine rings is 1. The molecule has 0 amide bonds. The molecule has 0 fully saturated rings. The smallest absolute Gasteiger partial charge is 0.311 e. The molecule has 0 radical (unpaired) electrons. The summed E-state index contributed by atoms with van der Waals surface area (Å²) in [5.41, 5.74) is 0.693. The van der Waals surface area contributed by atoms with Gasteiger partial charge in [-0.1, -0.05) is 18.2 Å². The molecule has 0 aliphatic rings. The Bertz CT molecular complexity index is 546. The summed E-state index contributed by atoms with van der Waals surface area (Å²) >= 11 is 3.19. The first-order valence-corrected chi connectivity index (χ1v) is 5.59. The van der Waals surface area contributed by atoms with E-state index in [2.05, 4.69) is 26.2 Å². The van der Waals surface area contributed by atoms with Crippen LogP contribution < -0.4 is 5.32 Å². The van der Waals surface area contributed by atoms with Crippen LogP contribution in [0.1, 0.15) is 0 Å². The third-order valence-corrected chi connectivity index (χ3v) is 2.51. The van der Waals surface area contributed by atoms with Gasteiger partial charge in [0.25, 0.3) is 0 Å². The van der Waals surface area contributed by atoms with Crippen LogP contribution in [0, 0.1) is 10.1 Å². The summed E-state index contributed by atoms with van der Waals surface area (Å²) in [4.78, 5) is 14.4. The molecule has 0 saturated heterocycles. The zero-order valence-corrected chi connectivity index (χ0v) is 10.2. The Kier molecular flexibility index (Phi) is 3.34. The van der Waals surface area contributed by atoms with Crippen LogP contribution in [-0.2, 0) is 0 Å². The minimum Gasteiger partial charge on any atom is -0.334 e. The van der Waals surface area contributed by atoms with E-state index in [4.69, 9.17) is 0 Å². The van der Waals surface area contributed by atoms with E-state index in [1.807, 2.05) is 30.3 Å². The van der Waals surface area contributed by atoms with Crippen molar-refractivity contribution in [2.45, 2.75) is 0 Å². The van der Waals surface area contributed by atoms with Crippen molar-refractivity contribution in [2.24, 2.45) is 0 Å². The SMILES string of the molecule is O=[N+]([O-])c1ccc(Br)nc1Nc1ccccc1. The first-order valence-electron chi connectivity index (χ1n) is 4.80. The maximum absolute atomic E-state index is 10.8. The van der Waals surface area contributed by atoms with Gasteiger partial charge in [0.2, 0.25) is 5.82 Å². The van der Waals surface area contributed by atoms with E-state index in [1.54, 1.807) is 0 Å². The lowest BCUT2D eigenvalue weighted by molar-refractivity contribution is -0.384. The fraction of sp³-hybridized carbons (Fsp3) is 0. The average molecular weight is 294 g/mol. The zero-order valence-electron chi connectivity index (χ0n) is 8.63. The lowest BCUT2D eigenvalue weighted by atomic mass is 10.3. The van der Waals surface area contributed by atoms with Gasteiger partial charge in [0.05, 0.1) is 4.92 Å². The third-order valence-electron chi connectivity index (χ3n) is 2.07. The van der Waals surface area contributed by atoms with Gasteiger partial charge in [-0.3, -0.25) is 10.1 Å². The Morgan fingerprint density at radius 1 is 1.18 bits per heavy atom. The van der Waals surface area contributed by atoms with Crippen molar-refractivity contribution >= 4 is 33.1 Å². The zero-order chi connectivity index (χ0) is 12.3. The van der Waals surface area contributed by atoms with Gasteiger partial charge >= 0.3 is 5.69 Å². The van der Waals surface area contributed by atoms with Gasteiger partial charge in [-0.05, 0) is 34.1 Å². The van der Waals surface area contributed by atoms with Gasteiger partial charge in [-0.2, -0.15) is 0 Å². The van der Waals surface area contributed by atoms with Crippen molar-refractivity contribution in [1.82, 2.24) is 4.98 Å². The summed E-state index contributed by atoms with van der Waals surface area (Å²) < 4.78 is 0.543. The van der Waals surface area contributed by atoms with Crippen molar-refractivity contribution in [3.63, 3.8) is 0 Å². The Hall–Kier alpha value is -1.95. The molecule has 2 aromatic rings. The number of nitro groups is 1. The number of rotatable bonds is 3. The van der Waals surface area contributed by atoms with Crippen LogP contribution in [0.4, 0.5) is 17.2 Å². The molecular weight excluding hydrogens is 286 g/mol. The number of hydrogen-bond acceptors (Lipinski definition) is 4. The van der Waals surface area contributed by atoms with Crippen LogP contribution in [0.3, 0.4) is 0 Å². The van der Waals surface area contributed by atoms with Gasteiger partial charge in [-0.25, -0.2) is 4.98 Å². The second-order valence-corrected chi connectivity index (χ2v) is 4.06. The Morgan fingerprint density at radius 2 is 1.88 bits per heavy atom. The molecule has 6 heteroatoms. The molecule has 17 heavy (non-hydrogen) atoms. The first kappa shape index (κ1) is 11.5. The number of aromatic nitrogens is 1. The summed E-state index contributed by atoms with van der Waals surface area (Å²) in [5, 5.41) is 13.7. The molecule has 2 rings (SSSR count). The molecule has 1 N–H and O–H groups in total. The molecule has 0 atom stereocenters. The van der Waals surface area contributed by atoms with Crippen molar-refractivity contribution in [2.75, 3.05) is 5.32 Å². The highest BCUT2D eigenvalue weighted by Gasteiger charge is 2.15. The quantitative estimate of drug-likeness (QED) is 0.534. The number of para-hydroxylation sites is 1. The molecule has 0 aliphatic carbocycles. The summed E-state index contributed by atoms with van der Waals surface area (Å²) in [6, 6.07) is 12.1. The van der Waals surface area contributed by atoms with Gasteiger partial charge in [0.15, 0.2) is 0 Å². The fourth-order valence-electron chi connectivity index (χ4n) is 1.33. The fourth-order valence-corrected chi connectivity index (χ4v) is 1.63. The van der Waals surface area contributed by atoms with Gasteiger partial charge in [0.1, 0.15) is 4.60 Å². The predicted molar refractivity (Wildman–Crippen MR) is 68.3 cm³/mol. The number of anilines is 2. The largest absolute Gasteiger partial charge is 0.334 e. The normalized spacial score (nSPS) is 9.94. The highest BCUT2D eigenvalue weighted by atomic mass is 79.9. The number of hydrogen-bond donors (Lipinski definition) is 1. The van der Waals surface area contributed by atoms with E-state index in [1.165, 1.54) is 12.1 Å². The molecule has 0 aliphatic heterocycles. The van der Waals surface area contributed by atoms with Crippen molar-refractivity contribution in [3.05, 3.63) is 57.2 Å². The number of halogens is 1. The monoisotopic (exact) mass is 293 g/mol. The maximum Gasteiger partial charge on any atom is 0.311 e. The molecule has 1 aromatic heterocycles. The topological polar surface area (TPSA) is 68.1 Å². The van der Waals surface area contributed by atoms with Crippen molar-refractivity contribution in [1.29, 1.82) is 0 Å². The van der Waals surface area contributed by atoms with Gasteiger partial charge < -0.3 is 5.32 Å². The van der Waals surface area contributed by atoms with Crippen LogP contribution in [0.2, 0.25) is 0 Å². The predicted octanol–water partition coefficient (Wildman–Crippen LogP) is 3.50. The third kappa shape index (κ3) is 2.79. The molecule has 86 valence electrons. The van der Waals surface area contributed by atoms with E-state index >= 15 is 0 Å². The molecule has 0 bridgehead atoms. The van der Waals surface area contributed by atoms with E-state index in [0.29, 0.717) is 4.60 Å². The van der Waals surface area contributed by atoms with E-state index in [-0.39, 0.29) is 11.5 Å². The number of nitrogens with one attached hydrogen (secondary N) is 1. The first-order chi connectivity index (χ1) is 8.16. The van der Waals surface area contributed by atoms with Crippen LogP contribution in [0.5, 0.6) is 0 Å². The second-order valence-electron chi connectivity index (χ2n) is 3.25. The highest BCUT2D eigenvalue weighted by molar-refractivity contribution is 9.10. The number of benzene rings is 1. The summed E-state index contributed by atoms with van der Waals surface area (Å²) in [6.07, 6.45) is 0. The van der Waals surface area contributed by atoms with Crippen LogP contribution >= 0.6 is 15.9 Å². The van der Waals surface area contributed by atoms with Crippen molar-refractivity contribution in [3.8, 4) is 0 Å². The molecule has 1 heterocycles. The van der Waals surface area contributed by atoms with Gasteiger partial charge in [0, 0.05) is 11.8 Å². The van der Waals surface area contributed by atoms with Gasteiger partial charge in [-0.15, -0.1) is 0 Å². The number of nitrogens with zero attached hydrogens (tertiary/aromatic N) is 2. The summed E-state index contributed by atoms with van der Waals surface area (Å²) in [5.74, 6) is 0.218. The summed E-state index contributed by atoms with van der Waals surface area (Å²) in [6.45, 7) is 0. The van der Waals surface area contributed by atoms with E-state index in [0.717, 1.165) is 5.69 Å². The molecular formula is C11H8BrN3O2. The summed E-state index contributed by atoms with van der Waals surface area (Å²) in [7, 11) is 0. The van der Waals surface area contributed by atoms with Crippen molar-refractivity contribution < 1.29 is 4.92 Å². The van der Waals surface area contributed by atoms with E-state index < -0.39 is 4.92 Å². The van der Waals surface area contributed by atoms with Crippen LogP contribution in [-0.4, -0.2) is 9.91 Å². The van der Waals surface area contributed by atoms with E-state index in [9.17, 15) is 10.1 Å². The Morgan fingerprint density at radius 3 is 2.53 bits per heavy atom.